The van der Waals surface area contributed by atoms with Gasteiger partial charge in [0.25, 0.3) is 0 Å². The molecule has 1 heterocycles. The van der Waals surface area contributed by atoms with E-state index in [2.05, 4.69) is 39.0 Å². The number of aliphatic hydroxyl groups is 1. The van der Waals surface area contributed by atoms with Gasteiger partial charge in [-0.05, 0) is 76.9 Å². The number of allylic oxidation sites excluding steroid dienone is 6. The van der Waals surface area contributed by atoms with Gasteiger partial charge in [0.15, 0.2) is 5.76 Å². The Morgan fingerprint density at radius 3 is 2.45 bits per heavy atom. The van der Waals surface area contributed by atoms with Gasteiger partial charge in [0.2, 0.25) is 11.6 Å². The Labute approximate surface area is 188 Å². The lowest BCUT2D eigenvalue weighted by Gasteiger charge is -2.32. The molecule has 3 aliphatic rings. The molecule has 31 heavy (non-hydrogen) atoms. The average Bonchev–Trinajstić information content (AvgIpc) is 2.81. The summed E-state index contributed by atoms with van der Waals surface area (Å²) in [6, 6.07) is 0. The Morgan fingerprint density at radius 1 is 1.00 bits per heavy atom. The zero-order valence-corrected chi connectivity index (χ0v) is 20.2. The molecular weight excluding hydrogens is 388 g/mol. The third-order valence-corrected chi connectivity index (χ3v) is 7.29. The molecule has 0 unspecified atom stereocenters. The van der Waals surface area contributed by atoms with Crippen molar-refractivity contribution in [2.24, 2.45) is 11.3 Å². The smallest absolute Gasteiger partial charge is 0.205 e. The third kappa shape index (κ3) is 5.40. The number of aliphatic hydroxyl groups excluding tert-OH is 1. The van der Waals surface area contributed by atoms with Crippen LogP contribution >= 0.6 is 0 Å². The van der Waals surface area contributed by atoms with Crippen LogP contribution in [0.1, 0.15) is 86.5 Å². The van der Waals surface area contributed by atoms with E-state index in [9.17, 15) is 9.90 Å². The summed E-state index contributed by atoms with van der Waals surface area (Å²) in [6.07, 6.45) is 12.0. The maximum atomic E-state index is 13.7. The summed E-state index contributed by atoms with van der Waals surface area (Å²) in [5, 5.41) is 10.7. The van der Waals surface area contributed by atoms with Gasteiger partial charge in [0.1, 0.15) is 0 Å². The average molecular weight is 429 g/mol. The van der Waals surface area contributed by atoms with E-state index >= 15 is 0 Å². The highest BCUT2D eigenvalue weighted by Crippen LogP contribution is 2.52. The summed E-state index contributed by atoms with van der Waals surface area (Å²) >= 11 is 0. The van der Waals surface area contributed by atoms with Gasteiger partial charge in [-0.1, -0.05) is 36.3 Å². The van der Waals surface area contributed by atoms with Crippen molar-refractivity contribution in [3.8, 4) is 0 Å². The minimum Gasteiger partial charge on any atom is -0.459 e. The first-order valence-electron chi connectivity index (χ1n) is 11.8. The molecule has 0 spiro atoms. The van der Waals surface area contributed by atoms with Crippen LogP contribution in [-0.4, -0.2) is 29.4 Å². The van der Waals surface area contributed by atoms with E-state index in [1.165, 1.54) is 11.1 Å². The fourth-order valence-corrected chi connectivity index (χ4v) is 4.99. The van der Waals surface area contributed by atoms with E-state index < -0.39 is 17.3 Å². The van der Waals surface area contributed by atoms with Gasteiger partial charge in [-0.2, -0.15) is 0 Å². The van der Waals surface area contributed by atoms with Gasteiger partial charge >= 0.3 is 0 Å². The first-order valence-corrected chi connectivity index (χ1v) is 11.8. The van der Waals surface area contributed by atoms with Crippen LogP contribution in [0.4, 0.5) is 0 Å². The second kappa shape index (κ2) is 9.46. The van der Waals surface area contributed by atoms with E-state index in [4.69, 9.17) is 9.47 Å². The Morgan fingerprint density at radius 2 is 1.71 bits per heavy atom. The van der Waals surface area contributed by atoms with Gasteiger partial charge in [0.05, 0.1) is 12.7 Å². The van der Waals surface area contributed by atoms with Crippen LogP contribution in [0, 0.1) is 11.3 Å². The van der Waals surface area contributed by atoms with Gasteiger partial charge in [-0.25, -0.2) is 0 Å². The lowest BCUT2D eigenvalue weighted by molar-refractivity contribution is -0.188. The number of Topliss-reactive ketones (excluding diaryl/α,β-unsaturated/α-hetero) is 1. The van der Waals surface area contributed by atoms with Crippen LogP contribution in [0.2, 0.25) is 0 Å². The monoisotopic (exact) mass is 428 g/mol. The van der Waals surface area contributed by atoms with Crippen molar-refractivity contribution in [3.05, 3.63) is 46.3 Å². The fourth-order valence-electron chi connectivity index (χ4n) is 4.99. The molecule has 4 heteroatoms. The first kappa shape index (κ1) is 24.0. The second-order valence-corrected chi connectivity index (χ2v) is 10.3. The van der Waals surface area contributed by atoms with Crippen molar-refractivity contribution in [3.63, 3.8) is 0 Å². The highest BCUT2D eigenvalue weighted by atomic mass is 16.7. The number of carbonyl (C=O) groups excluding carboxylic acids is 1. The van der Waals surface area contributed by atoms with Gasteiger partial charge in [0, 0.05) is 25.2 Å². The standard InChI is InChI=1S/C27H40O4/c1-18-8-7-9-19(2)14-16-27(6)22(12-11-20(3)23(28)13-10-18)21-15-17-30-26(4,5)31-24(21)25(27)29/h8,11,14,22-23,28H,7,9-10,12-13,15-17H2,1-6H3/b18-8+,19-14+,20-11+/t22-,23-,27+/m1/s1. The maximum absolute atomic E-state index is 13.7. The van der Waals surface area contributed by atoms with E-state index in [-0.39, 0.29) is 11.7 Å². The molecule has 1 N–H and O–H groups in total. The SMILES string of the molecule is C/C1=C\C[C@]2(C)C(=O)C3=C(CCOC(C)(C)O3)[C@H]2C/C=C(\C)[C@H](O)CC/C(C)=C/CC1. The zero-order valence-electron chi connectivity index (χ0n) is 20.2. The highest BCUT2D eigenvalue weighted by Gasteiger charge is 2.52. The number of ether oxygens (including phenoxy) is 2. The summed E-state index contributed by atoms with van der Waals surface area (Å²) in [5.74, 6) is -0.116. The predicted octanol–water partition coefficient (Wildman–Crippen LogP) is 6.17. The minimum atomic E-state index is -0.794. The molecule has 2 aliphatic carbocycles. The third-order valence-electron chi connectivity index (χ3n) is 7.29. The summed E-state index contributed by atoms with van der Waals surface area (Å²) in [6.45, 7) is 12.7. The Kier molecular flexibility index (Phi) is 7.32. The van der Waals surface area contributed by atoms with Crippen LogP contribution in [-0.2, 0) is 14.3 Å². The molecule has 3 atom stereocenters. The molecule has 0 amide bonds. The summed E-state index contributed by atoms with van der Waals surface area (Å²) in [4.78, 5) is 13.7. The molecule has 0 radical (unpaired) electrons. The highest BCUT2D eigenvalue weighted by molar-refractivity contribution is 6.02. The van der Waals surface area contributed by atoms with Gasteiger partial charge in [-0.15, -0.1) is 0 Å². The molecule has 0 aromatic carbocycles. The second-order valence-electron chi connectivity index (χ2n) is 10.3. The summed E-state index contributed by atoms with van der Waals surface area (Å²) in [5.41, 5.74) is 4.20. The summed E-state index contributed by atoms with van der Waals surface area (Å²) in [7, 11) is 0. The lowest BCUT2D eigenvalue weighted by atomic mass is 9.71. The lowest BCUT2D eigenvalue weighted by Crippen LogP contribution is -2.35. The van der Waals surface area contributed by atoms with E-state index in [0.717, 1.165) is 43.3 Å². The number of hydrogen-bond donors (Lipinski definition) is 1. The number of fused-ring (bicyclic) bond motifs is 2. The van der Waals surface area contributed by atoms with Crippen molar-refractivity contribution in [1.82, 2.24) is 0 Å². The Bertz CT molecular complexity index is 826. The molecule has 1 aliphatic heterocycles. The molecule has 0 aromatic heterocycles. The quantitative estimate of drug-likeness (QED) is 0.469. The van der Waals surface area contributed by atoms with Crippen molar-refractivity contribution >= 4 is 5.78 Å². The van der Waals surface area contributed by atoms with Crippen LogP contribution in [0.25, 0.3) is 0 Å². The van der Waals surface area contributed by atoms with Crippen molar-refractivity contribution in [2.45, 2.75) is 98.4 Å². The van der Waals surface area contributed by atoms with Crippen LogP contribution in [0.3, 0.4) is 0 Å². The number of ketones is 1. The van der Waals surface area contributed by atoms with Gasteiger partial charge < -0.3 is 14.6 Å². The number of rotatable bonds is 0. The molecule has 4 nitrogen and oxygen atoms in total. The fraction of sp³-hybridized carbons (Fsp3) is 0.667. The van der Waals surface area contributed by atoms with Crippen molar-refractivity contribution in [2.75, 3.05) is 6.61 Å². The van der Waals surface area contributed by atoms with E-state index in [0.29, 0.717) is 25.2 Å². The molecule has 0 saturated carbocycles. The maximum Gasteiger partial charge on any atom is 0.205 e. The van der Waals surface area contributed by atoms with Crippen molar-refractivity contribution < 1.29 is 19.4 Å². The topological polar surface area (TPSA) is 55.8 Å². The molecule has 0 bridgehead atoms. The van der Waals surface area contributed by atoms with E-state index in [1.54, 1.807) is 0 Å². The minimum absolute atomic E-state index is 0.0590. The molecule has 0 saturated heterocycles. The van der Waals surface area contributed by atoms with Crippen LogP contribution < -0.4 is 0 Å². The molecule has 3 rings (SSSR count). The van der Waals surface area contributed by atoms with Crippen LogP contribution in [0.5, 0.6) is 0 Å². The Balaban J connectivity index is 1.99. The first-order chi connectivity index (χ1) is 14.5. The number of hydrogen-bond acceptors (Lipinski definition) is 4. The van der Waals surface area contributed by atoms with E-state index in [1.807, 2.05) is 20.8 Å². The molecular formula is C27H40O4. The molecule has 0 aromatic rings. The summed E-state index contributed by atoms with van der Waals surface area (Å²) < 4.78 is 12.0. The Hall–Kier alpha value is -1.65. The largest absolute Gasteiger partial charge is 0.459 e. The van der Waals surface area contributed by atoms with Gasteiger partial charge in [-0.3, -0.25) is 4.79 Å². The normalized spacial score (nSPS) is 38.0. The molecule has 172 valence electrons. The number of carbonyl (C=O) groups is 1. The zero-order chi connectivity index (χ0) is 22.8. The molecule has 0 fully saturated rings. The van der Waals surface area contributed by atoms with Crippen molar-refractivity contribution in [1.29, 1.82) is 0 Å². The van der Waals surface area contributed by atoms with Crippen LogP contribution in [0.15, 0.2) is 46.3 Å². The predicted molar refractivity (Wildman–Crippen MR) is 124 cm³/mol.